The fourth-order valence-corrected chi connectivity index (χ4v) is 1.12. The van der Waals surface area contributed by atoms with Gasteiger partial charge in [0.1, 0.15) is 5.25 Å². The summed E-state index contributed by atoms with van der Waals surface area (Å²) in [5, 5.41) is 8.02. The van der Waals surface area contributed by atoms with Crippen molar-refractivity contribution in [2.75, 3.05) is 6.26 Å². The Kier molecular flexibility index (Phi) is 3.39. The van der Waals surface area contributed by atoms with E-state index in [1.165, 1.54) is 11.8 Å². The van der Waals surface area contributed by atoms with E-state index in [0.717, 1.165) is 0 Å². The summed E-state index contributed by atoms with van der Waals surface area (Å²) in [7, 11) is 0. The summed E-state index contributed by atoms with van der Waals surface area (Å²) in [6.07, 6.45) is 1.76. The van der Waals surface area contributed by atoms with Gasteiger partial charge in [-0.25, -0.2) is 0 Å². The number of carboxylic acid groups (broad SMARTS) is 1. The molecular weight excluding hydrogens is 136 g/mol. The molecule has 9 heavy (non-hydrogen) atoms. The second kappa shape index (κ2) is 3.56. The Hall–Kier alpha value is -0.440. The van der Waals surface area contributed by atoms with Crippen LogP contribution in [0.25, 0.3) is 0 Å². The Morgan fingerprint density at radius 3 is 2.22 bits per heavy atom. The van der Waals surface area contributed by atoms with E-state index in [2.05, 4.69) is 6.58 Å². The molecule has 3 heteroatoms. The highest BCUT2D eigenvalue weighted by molar-refractivity contribution is 8.00. The van der Waals surface area contributed by atoms with Crippen molar-refractivity contribution in [3.05, 3.63) is 12.2 Å². The zero-order valence-electron chi connectivity index (χ0n) is 5.55. The molecule has 1 N–H and O–H groups in total. The van der Waals surface area contributed by atoms with Crippen molar-refractivity contribution in [3.8, 4) is 0 Å². The van der Waals surface area contributed by atoms with Gasteiger partial charge in [-0.1, -0.05) is 12.2 Å². The van der Waals surface area contributed by atoms with Crippen molar-refractivity contribution in [2.24, 2.45) is 0 Å². The van der Waals surface area contributed by atoms with Crippen LogP contribution in [0.1, 0.15) is 6.92 Å². The van der Waals surface area contributed by atoms with E-state index in [1.54, 1.807) is 13.2 Å². The van der Waals surface area contributed by atoms with Crippen LogP contribution in [-0.2, 0) is 4.79 Å². The van der Waals surface area contributed by atoms with E-state index >= 15 is 0 Å². The van der Waals surface area contributed by atoms with E-state index < -0.39 is 11.2 Å². The highest BCUT2D eigenvalue weighted by Crippen LogP contribution is 2.13. The number of carboxylic acids is 1. The Bertz CT molecular complexity index is 117. The molecule has 0 aliphatic carbocycles. The van der Waals surface area contributed by atoms with Crippen molar-refractivity contribution < 1.29 is 9.90 Å². The predicted molar refractivity (Wildman–Crippen MR) is 39.8 cm³/mol. The van der Waals surface area contributed by atoms with Crippen LogP contribution in [0, 0.1) is 0 Å². The van der Waals surface area contributed by atoms with Crippen molar-refractivity contribution in [1.29, 1.82) is 0 Å². The van der Waals surface area contributed by atoms with Gasteiger partial charge in [0.2, 0.25) is 0 Å². The summed E-state index contributed by atoms with van der Waals surface area (Å²) < 4.78 is 0. The molecule has 0 saturated heterocycles. The Balaban J connectivity index is 3.99. The summed E-state index contributed by atoms with van der Waals surface area (Å²) in [6.45, 7) is 5.26. The summed E-state index contributed by atoms with van der Waals surface area (Å²) in [6, 6.07) is 0. The molecule has 0 saturated carbocycles. The van der Waals surface area contributed by atoms with E-state index in [-0.39, 0.29) is 0 Å². The molecule has 2 nitrogen and oxygen atoms in total. The lowest BCUT2D eigenvalue weighted by Gasteiger charge is -2.06. The lowest BCUT2D eigenvalue weighted by Crippen LogP contribution is -2.16. The molecule has 0 aliphatic heterocycles. The molecule has 0 bridgehead atoms. The molecule has 1 atom stereocenters. The molecule has 0 fully saturated rings. The zero-order valence-corrected chi connectivity index (χ0v) is 6.36. The van der Waals surface area contributed by atoms with Gasteiger partial charge in [0.15, 0.2) is 0 Å². The largest absolute Gasteiger partial charge is 0.480 e. The van der Waals surface area contributed by atoms with Gasteiger partial charge in [-0.2, -0.15) is 0 Å². The van der Waals surface area contributed by atoms with Crippen LogP contribution in [0.5, 0.6) is 0 Å². The molecule has 52 valence electrons. The molecule has 1 unspecified atom stereocenters. The number of carbonyl (C=O) groups is 1. The minimum Gasteiger partial charge on any atom is -0.480 e. The first-order valence-electron chi connectivity index (χ1n) is 2.50. The maximum absolute atomic E-state index is 10.3. The van der Waals surface area contributed by atoms with Gasteiger partial charge in [-0.15, -0.1) is 11.8 Å². The molecule has 0 radical (unpaired) electrons. The third-order valence-electron chi connectivity index (χ3n) is 0.908. The Morgan fingerprint density at radius 1 is 1.78 bits per heavy atom. The average Bonchev–Trinajstić information content (AvgIpc) is 1.64. The maximum Gasteiger partial charge on any atom is 0.320 e. The number of hydrogen-bond donors (Lipinski definition) is 1. The second-order valence-electron chi connectivity index (χ2n) is 1.80. The summed E-state index contributed by atoms with van der Waals surface area (Å²) in [5.74, 6) is -0.810. The SMILES string of the molecule is C=C(C)C(SC)C(=O)O. The number of rotatable bonds is 3. The second-order valence-corrected chi connectivity index (χ2v) is 2.74. The third kappa shape index (κ3) is 2.56. The van der Waals surface area contributed by atoms with Crippen molar-refractivity contribution in [3.63, 3.8) is 0 Å². The van der Waals surface area contributed by atoms with Crippen LogP contribution in [0.15, 0.2) is 12.2 Å². The molecule has 0 aliphatic rings. The zero-order chi connectivity index (χ0) is 7.44. The third-order valence-corrected chi connectivity index (χ3v) is 1.98. The van der Waals surface area contributed by atoms with Crippen molar-refractivity contribution in [1.82, 2.24) is 0 Å². The van der Waals surface area contributed by atoms with E-state index in [1.807, 2.05) is 0 Å². The van der Waals surface area contributed by atoms with Gasteiger partial charge >= 0.3 is 5.97 Å². The Labute approximate surface area is 59.0 Å². The quantitative estimate of drug-likeness (QED) is 0.611. The first-order chi connectivity index (χ1) is 4.09. The molecule has 0 aromatic carbocycles. The van der Waals surface area contributed by atoms with Gasteiger partial charge in [0.25, 0.3) is 0 Å². The van der Waals surface area contributed by atoms with E-state index in [0.29, 0.717) is 5.57 Å². The normalized spacial score (nSPS) is 12.7. The lowest BCUT2D eigenvalue weighted by molar-refractivity contribution is -0.135. The Morgan fingerprint density at radius 2 is 2.22 bits per heavy atom. The van der Waals surface area contributed by atoms with E-state index in [4.69, 9.17) is 5.11 Å². The minimum atomic E-state index is -0.810. The molecule has 0 aromatic heterocycles. The minimum absolute atomic E-state index is 0.440. The van der Waals surface area contributed by atoms with Gasteiger partial charge in [0, 0.05) is 0 Å². The molecular formula is C6H10O2S. The molecule has 0 heterocycles. The van der Waals surface area contributed by atoms with Gasteiger partial charge < -0.3 is 5.11 Å². The summed E-state index contributed by atoms with van der Waals surface area (Å²) in [5.41, 5.74) is 0.690. The molecule has 0 amide bonds. The average molecular weight is 146 g/mol. The first kappa shape index (κ1) is 8.56. The van der Waals surface area contributed by atoms with Gasteiger partial charge in [-0.3, -0.25) is 4.79 Å². The molecule has 0 rings (SSSR count). The lowest BCUT2D eigenvalue weighted by atomic mass is 10.2. The van der Waals surface area contributed by atoms with Crippen LogP contribution in [0.3, 0.4) is 0 Å². The highest BCUT2D eigenvalue weighted by atomic mass is 32.2. The highest BCUT2D eigenvalue weighted by Gasteiger charge is 2.15. The summed E-state index contributed by atoms with van der Waals surface area (Å²) in [4.78, 5) is 10.3. The monoisotopic (exact) mass is 146 g/mol. The van der Waals surface area contributed by atoms with Crippen LogP contribution < -0.4 is 0 Å². The first-order valence-corrected chi connectivity index (χ1v) is 3.79. The number of hydrogen-bond acceptors (Lipinski definition) is 2. The van der Waals surface area contributed by atoms with Gasteiger partial charge in [-0.05, 0) is 13.2 Å². The fourth-order valence-electron chi connectivity index (χ4n) is 0.513. The van der Waals surface area contributed by atoms with Crippen LogP contribution in [0.4, 0.5) is 0 Å². The van der Waals surface area contributed by atoms with Gasteiger partial charge in [0.05, 0.1) is 0 Å². The van der Waals surface area contributed by atoms with Crippen LogP contribution in [0.2, 0.25) is 0 Å². The smallest absolute Gasteiger partial charge is 0.320 e. The summed E-state index contributed by atoms with van der Waals surface area (Å²) >= 11 is 1.29. The van der Waals surface area contributed by atoms with Crippen molar-refractivity contribution in [2.45, 2.75) is 12.2 Å². The predicted octanol–water partition coefficient (Wildman–Crippen LogP) is 1.38. The number of aliphatic carboxylic acids is 1. The van der Waals surface area contributed by atoms with E-state index in [9.17, 15) is 4.79 Å². The maximum atomic E-state index is 10.3. The topological polar surface area (TPSA) is 37.3 Å². The number of thioether (sulfide) groups is 1. The fraction of sp³-hybridized carbons (Fsp3) is 0.500. The molecule has 0 aromatic rings. The van der Waals surface area contributed by atoms with Crippen LogP contribution >= 0.6 is 11.8 Å². The standard InChI is InChI=1S/C6H10O2S/c1-4(2)5(9-3)6(7)8/h5H,1H2,2-3H3,(H,7,8). The van der Waals surface area contributed by atoms with Crippen molar-refractivity contribution >= 4 is 17.7 Å². The van der Waals surface area contributed by atoms with Crippen LogP contribution in [-0.4, -0.2) is 22.6 Å². The molecule has 0 spiro atoms.